The van der Waals surface area contributed by atoms with E-state index >= 15 is 0 Å². The van der Waals surface area contributed by atoms with Crippen LogP contribution in [0.15, 0.2) is 48.5 Å². The lowest BCUT2D eigenvalue weighted by atomic mass is 10.0. The summed E-state index contributed by atoms with van der Waals surface area (Å²) in [6.45, 7) is 2.66. The summed E-state index contributed by atoms with van der Waals surface area (Å²) in [4.78, 5) is 4.96. The largest absolute Gasteiger partial charge is 0.394 e. The summed E-state index contributed by atoms with van der Waals surface area (Å²) in [7, 11) is 0. The molecule has 1 fully saturated rings. The van der Waals surface area contributed by atoms with E-state index in [9.17, 15) is 15.3 Å². The van der Waals surface area contributed by atoms with Crippen molar-refractivity contribution in [2.75, 3.05) is 13.2 Å². The molecule has 2 aromatic carbocycles. The number of nitrogens with zero attached hydrogens (tertiary/aromatic N) is 2. The molecule has 7 heteroatoms. The fourth-order valence-electron chi connectivity index (χ4n) is 4.59. The van der Waals surface area contributed by atoms with Gasteiger partial charge < -0.3 is 29.4 Å². The van der Waals surface area contributed by atoms with E-state index in [2.05, 4.69) is 29.7 Å². The average Bonchev–Trinajstić information content (AvgIpc) is 3.10. The lowest BCUT2D eigenvalue weighted by molar-refractivity contribution is -0.257. The summed E-state index contributed by atoms with van der Waals surface area (Å²) in [5, 5.41) is 32.7. The van der Waals surface area contributed by atoms with Crippen molar-refractivity contribution in [3.63, 3.8) is 0 Å². The molecule has 3 N–H and O–H groups in total. The van der Waals surface area contributed by atoms with Crippen LogP contribution in [0.25, 0.3) is 32.8 Å². The van der Waals surface area contributed by atoms with Crippen LogP contribution in [0.5, 0.6) is 0 Å². The summed E-state index contributed by atoms with van der Waals surface area (Å²) in [6.07, 6.45) is -3.47. The van der Waals surface area contributed by atoms with E-state index in [1.165, 1.54) is 5.56 Å². The van der Waals surface area contributed by atoms with Crippen molar-refractivity contribution >= 4 is 32.8 Å². The normalized spacial score (nSPS) is 24.4. The zero-order valence-corrected chi connectivity index (χ0v) is 17.3. The highest BCUT2D eigenvalue weighted by Crippen LogP contribution is 2.34. The van der Waals surface area contributed by atoms with Gasteiger partial charge in [-0.2, -0.15) is 0 Å². The number of aryl methyl sites for hydroxylation is 1. The number of aliphatic hydroxyl groups is 3. The molecule has 4 aromatic rings. The third-order valence-electron chi connectivity index (χ3n) is 6.19. The van der Waals surface area contributed by atoms with Crippen molar-refractivity contribution in [2.24, 2.45) is 0 Å². The first-order valence-electron chi connectivity index (χ1n) is 10.6. The third kappa shape index (κ3) is 3.48. The maximum Gasteiger partial charge on any atom is 0.160 e. The molecule has 31 heavy (non-hydrogen) atoms. The minimum atomic E-state index is -1.11. The van der Waals surface area contributed by atoms with Crippen LogP contribution >= 0.6 is 0 Å². The Bertz CT molecular complexity index is 1240. The molecule has 1 aliphatic heterocycles. The summed E-state index contributed by atoms with van der Waals surface area (Å²) >= 11 is 0. The van der Waals surface area contributed by atoms with E-state index in [4.69, 9.17) is 14.5 Å². The average molecular weight is 422 g/mol. The van der Waals surface area contributed by atoms with Gasteiger partial charge in [0.25, 0.3) is 0 Å². The first kappa shape index (κ1) is 20.4. The van der Waals surface area contributed by atoms with Gasteiger partial charge in [0.1, 0.15) is 17.9 Å². The molecule has 0 bridgehead atoms. The SMILES string of the molecule is Cc1c2ccccc2nc2c1c1ccccc1n2CCO[C@@H]1C[C@@H](O)[C@H](O)[C@@H](CO)O1. The van der Waals surface area contributed by atoms with Crippen LogP contribution in [0, 0.1) is 6.92 Å². The smallest absolute Gasteiger partial charge is 0.160 e. The van der Waals surface area contributed by atoms with Gasteiger partial charge in [-0.3, -0.25) is 0 Å². The lowest BCUT2D eigenvalue weighted by Crippen LogP contribution is -2.50. The molecular weight excluding hydrogens is 396 g/mol. The Morgan fingerprint density at radius 3 is 2.65 bits per heavy atom. The monoisotopic (exact) mass is 422 g/mol. The van der Waals surface area contributed by atoms with Crippen LogP contribution in [0.4, 0.5) is 0 Å². The fourth-order valence-corrected chi connectivity index (χ4v) is 4.59. The van der Waals surface area contributed by atoms with E-state index in [1.807, 2.05) is 30.3 Å². The van der Waals surface area contributed by atoms with Crippen LogP contribution in [-0.2, 0) is 16.0 Å². The van der Waals surface area contributed by atoms with Crippen molar-refractivity contribution in [1.29, 1.82) is 0 Å². The number of para-hydroxylation sites is 2. The molecule has 5 rings (SSSR count). The fraction of sp³-hybridized carbons (Fsp3) is 0.375. The third-order valence-corrected chi connectivity index (χ3v) is 6.19. The van der Waals surface area contributed by atoms with Gasteiger partial charge >= 0.3 is 0 Å². The van der Waals surface area contributed by atoms with Gasteiger partial charge in [0.2, 0.25) is 0 Å². The maximum atomic E-state index is 10.0. The second-order valence-electron chi connectivity index (χ2n) is 8.07. The predicted molar refractivity (Wildman–Crippen MR) is 118 cm³/mol. The number of hydrogen-bond donors (Lipinski definition) is 3. The Morgan fingerprint density at radius 2 is 1.84 bits per heavy atom. The van der Waals surface area contributed by atoms with Crippen molar-refractivity contribution in [2.45, 2.75) is 44.5 Å². The van der Waals surface area contributed by atoms with E-state index in [0.717, 1.165) is 32.8 Å². The zero-order valence-electron chi connectivity index (χ0n) is 17.3. The van der Waals surface area contributed by atoms with Crippen LogP contribution in [0.3, 0.4) is 0 Å². The van der Waals surface area contributed by atoms with Gasteiger partial charge in [0, 0.05) is 29.1 Å². The second-order valence-corrected chi connectivity index (χ2v) is 8.07. The van der Waals surface area contributed by atoms with Crippen molar-refractivity contribution in [1.82, 2.24) is 9.55 Å². The molecule has 1 aliphatic rings. The van der Waals surface area contributed by atoms with Gasteiger partial charge in [-0.15, -0.1) is 0 Å². The highest BCUT2D eigenvalue weighted by molar-refractivity contribution is 6.12. The molecule has 1 saturated heterocycles. The van der Waals surface area contributed by atoms with Gasteiger partial charge in [-0.1, -0.05) is 36.4 Å². The van der Waals surface area contributed by atoms with Gasteiger partial charge in [-0.25, -0.2) is 4.98 Å². The van der Waals surface area contributed by atoms with Crippen LogP contribution in [0.2, 0.25) is 0 Å². The minimum Gasteiger partial charge on any atom is -0.394 e. The Balaban J connectivity index is 1.47. The summed E-state index contributed by atoms with van der Waals surface area (Å²) in [6, 6.07) is 16.4. The van der Waals surface area contributed by atoms with Gasteiger partial charge in [0.15, 0.2) is 6.29 Å². The minimum absolute atomic E-state index is 0.160. The highest BCUT2D eigenvalue weighted by atomic mass is 16.7. The van der Waals surface area contributed by atoms with Crippen molar-refractivity contribution < 1.29 is 24.8 Å². The molecule has 7 nitrogen and oxygen atoms in total. The summed E-state index contributed by atoms with van der Waals surface area (Å²) < 4.78 is 13.6. The van der Waals surface area contributed by atoms with Crippen molar-refractivity contribution in [3.05, 3.63) is 54.1 Å². The van der Waals surface area contributed by atoms with Gasteiger partial charge in [-0.05, 0) is 24.6 Å². The Kier molecular flexibility index (Phi) is 5.37. The van der Waals surface area contributed by atoms with E-state index in [1.54, 1.807) is 0 Å². The Hall–Kier alpha value is -2.55. The van der Waals surface area contributed by atoms with Gasteiger partial charge in [0.05, 0.1) is 30.4 Å². The Morgan fingerprint density at radius 1 is 1.10 bits per heavy atom. The molecule has 0 aliphatic carbocycles. The maximum absolute atomic E-state index is 10.0. The number of benzene rings is 2. The topological polar surface area (TPSA) is 97.0 Å². The van der Waals surface area contributed by atoms with E-state index in [0.29, 0.717) is 13.2 Å². The molecule has 0 amide bonds. The number of rotatable bonds is 5. The van der Waals surface area contributed by atoms with Crippen LogP contribution < -0.4 is 0 Å². The molecule has 0 spiro atoms. The number of pyridine rings is 1. The molecule has 2 aromatic heterocycles. The highest BCUT2D eigenvalue weighted by Gasteiger charge is 2.36. The number of fused-ring (bicyclic) bond motifs is 4. The lowest BCUT2D eigenvalue weighted by Gasteiger charge is -2.36. The number of aromatic nitrogens is 2. The quantitative estimate of drug-likeness (QED) is 0.457. The molecule has 162 valence electrons. The zero-order chi connectivity index (χ0) is 21.5. The molecular formula is C24H26N2O5. The van der Waals surface area contributed by atoms with Crippen LogP contribution in [-0.4, -0.2) is 62.7 Å². The number of ether oxygens (including phenoxy) is 2. The molecule has 0 saturated carbocycles. The first-order chi connectivity index (χ1) is 15.1. The second kappa shape index (κ2) is 8.18. The molecule has 3 heterocycles. The standard InChI is InChI=1S/C24H26N2O5/c1-14-15-6-2-4-8-17(15)25-24-22(14)16-7-3-5-9-18(16)26(24)10-11-30-21-12-19(28)23(29)20(13-27)31-21/h2-9,19-21,23,27-29H,10-13H2,1H3/t19-,20-,21+,23+/m1/s1. The van der Waals surface area contributed by atoms with E-state index < -0.39 is 24.6 Å². The predicted octanol–water partition coefficient (Wildman–Crippen LogP) is 2.50. The number of aliphatic hydroxyl groups excluding tert-OH is 3. The molecule has 4 atom stereocenters. The molecule has 0 radical (unpaired) electrons. The van der Waals surface area contributed by atoms with E-state index in [-0.39, 0.29) is 13.0 Å². The molecule has 0 unspecified atom stereocenters. The summed E-state index contributed by atoms with van der Waals surface area (Å²) in [5.41, 5.74) is 4.15. The van der Waals surface area contributed by atoms with Crippen molar-refractivity contribution in [3.8, 4) is 0 Å². The summed E-state index contributed by atoms with van der Waals surface area (Å²) in [5.74, 6) is 0. The Labute approximate surface area is 179 Å². The van der Waals surface area contributed by atoms with Crippen LogP contribution in [0.1, 0.15) is 12.0 Å². The number of hydrogen-bond acceptors (Lipinski definition) is 6. The first-order valence-corrected chi connectivity index (χ1v) is 10.6.